The fraction of sp³-hybridized carbons (Fsp3) is 0.625. The Hall–Kier alpha value is -1.06. The van der Waals surface area contributed by atoms with Crippen LogP contribution in [0.3, 0.4) is 0 Å². The smallest absolute Gasteiger partial charge is 0.122 e. The lowest BCUT2D eigenvalue weighted by Crippen LogP contribution is -2.31. The fourth-order valence-corrected chi connectivity index (χ4v) is 2.13. The minimum atomic E-state index is 0.545. The van der Waals surface area contributed by atoms with E-state index in [4.69, 9.17) is 10.5 Å². The standard InChI is InChI=1S/C16H28N2O/c1-5-19-16-7-6-14(8-13(16)4)10-18-11-15(9-17)12(2)3/h6-8,12,15,18H,5,9-11,17H2,1-4H3. The first-order chi connectivity index (χ1) is 9.08. The van der Waals surface area contributed by atoms with Gasteiger partial charge < -0.3 is 15.8 Å². The van der Waals surface area contributed by atoms with E-state index in [9.17, 15) is 0 Å². The van der Waals surface area contributed by atoms with Crippen molar-refractivity contribution in [2.24, 2.45) is 17.6 Å². The number of nitrogens with one attached hydrogen (secondary N) is 1. The molecule has 3 N–H and O–H groups in total. The number of benzene rings is 1. The van der Waals surface area contributed by atoms with Crippen molar-refractivity contribution < 1.29 is 4.74 Å². The Labute approximate surface area is 117 Å². The topological polar surface area (TPSA) is 47.3 Å². The Bertz CT molecular complexity index is 377. The van der Waals surface area contributed by atoms with E-state index < -0.39 is 0 Å². The molecule has 1 atom stereocenters. The first-order valence-corrected chi connectivity index (χ1v) is 7.21. The maximum Gasteiger partial charge on any atom is 0.122 e. The van der Waals surface area contributed by atoms with Crippen LogP contribution in [0.4, 0.5) is 0 Å². The molecule has 3 nitrogen and oxygen atoms in total. The second-order valence-electron chi connectivity index (χ2n) is 5.40. The maximum absolute atomic E-state index is 5.77. The van der Waals surface area contributed by atoms with Gasteiger partial charge in [-0.15, -0.1) is 0 Å². The van der Waals surface area contributed by atoms with Gasteiger partial charge in [0.15, 0.2) is 0 Å². The molecular formula is C16H28N2O. The lowest BCUT2D eigenvalue weighted by molar-refractivity contribution is 0.337. The van der Waals surface area contributed by atoms with Gasteiger partial charge >= 0.3 is 0 Å². The zero-order valence-corrected chi connectivity index (χ0v) is 12.7. The van der Waals surface area contributed by atoms with E-state index in [-0.39, 0.29) is 0 Å². The molecule has 0 heterocycles. The van der Waals surface area contributed by atoms with Gasteiger partial charge in [-0.3, -0.25) is 0 Å². The van der Waals surface area contributed by atoms with Crippen LogP contribution in [-0.2, 0) is 6.54 Å². The van der Waals surface area contributed by atoms with E-state index in [1.807, 2.05) is 6.92 Å². The van der Waals surface area contributed by atoms with Gasteiger partial charge in [0.25, 0.3) is 0 Å². The number of nitrogens with two attached hydrogens (primary N) is 1. The van der Waals surface area contributed by atoms with Gasteiger partial charge in [-0.25, -0.2) is 0 Å². The third-order valence-corrected chi connectivity index (χ3v) is 3.52. The van der Waals surface area contributed by atoms with E-state index in [0.717, 1.165) is 25.4 Å². The van der Waals surface area contributed by atoms with Crippen LogP contribution in [0.5, 0.6) is 5.75 Å². The number of hydrogen-bond donors (Lipinski definition) is 2. The molecule has 1 aromatic carbocycles. The van der Waals surface area contributed by atoms with Crippen molar-refractivity contribution in [3.8, 4) is 5.75 Å². The van der Waals surface area contributed by atoms with Crippen molar-refractivity contribution >= 4 is 0 Å². The van der Waals surface area contributed by atoms with Gasteiger partial charge in [-0.2, -0.15) is 0 Å². The summed E-state index contributed by atoms with van der Waals surface area (Å²) < 4.78 is 5.55. The summed E-state index contributed by atoms with van der Waals surface area (Å²) >= 11 is 0. The molecule has 0 saturated heterocycles. The van der Waals surface area contributed by atoms with E-state index >= 15 is 0 Å². The Morgan fingerprint density at radius 1 is 1.32 bits per heavy atom. The lowest BCUT2D eigenvalue weighted by Gasteiger charge is -2.19. The molecule has 0 radical (unpaired) electrons. The Morgan fingerprint density at radius 3 is 2.58 bits per heavy atom. The largest absolute Gasteiger partial charge is 0.494 e. The predicted octanol–water partition coefficient (Wildman–Crippen LogP) is 2.71. The molecule has 0 fully saturated rings. The molecule has 0 spiro atoms. The second kappa shape index (κ2) is 8.18. The number of hydrogen-bond acceptors (Lipinski definition) is 3. The molecule has 19 heavy (non-hydrogen) atoms. The zero-order chi connectivity index (χ0) is 14.3. The summed E-state index contributed by atoms with van der Waals surface area (Å²) in [5.41, 5.74) is 8.26. The summed E-state index contributed by atoms with van der Waals surface area (Å²) in [5.74, 6) is 2.15. The average Bonchev–Trinajstić information content (AvgIpc) is 2.37. The summed E-state index contributed by atoms with van der Waals surface area (Å²) in [6.07, 6.45) is 0. The van der Waals surface area contributed by atoms with Crippen molar-refractivity contribution in [2.75, 3.05) is 19.7 Å². The normalized spacial score (nSPS) is 12.7. The average molecular weight is 264 g/mol. The second-order valence-corrected chi connectivity index (χ2v) is 5.40. The molecule has 1 unspecified atom stereocenters. The molecule has 0 aromatic heterocycles. The summed E-state index contributed by atoms with van der Waals surface area (Å²) in [6.45, 7) is 11.9. The van der Waals surface area contributed by atoms with Crippen molar-refractivity contribution in [1.29, 1.82) is 0 Å². The number of rotatable bonds is 8. The molecular weight excluding hydrogens is 236 g/mol. The van der Waals surface area contributed by atoms with Crippen molar-refractivity contribution in [3.63, 3.8) is 0 Å². The van der Waals surface area contributed by atoms with Gasteiger partial charge in [0.05, 0.1) is 6.61 Å². The Kier molecular flexibility index (Phi) is 6.89. The van der Waals surface area contributed by atoms with Crippen LogP contribution in [0.2, 0.25) is 0 Å². The molecule has 0 bridgehead atoms. The van der Waals surface area contributed by atoms with Crippen LogP contribution in [-0.4, -0.2) is 19.7 Å². The highest BCUT2D eigenvalue weighted by Gasteiger charge is 2.10. The predicted molar refractivity (Wildman–Crippen MR) is 81.4 cm³/mol. The number of aryl methyl sites for hydroxylation is 1. The van der Waals surface area contributed by atoms with Crippen LogP contribution in [0.25, 0.3) is 0 Å². The molecule has 0 amide bonds. The molecule has 0 aliphatic carbocycles. The number of ether oxygens (including phenoxy) is 1. The summed E-state index contributed by atoms with van der Waals surface area (Å²) in [7, 11) is 0. The molecule has 108 valence electrons. The van der Waals surface area contributed by atoms with Crippen molar-refractivity contribution in [3.05, 3.63) is 29.3 Å². The summed E-state index contributed by atoms with van der Waals surface area (Å²) in [4.78, 5) is 0. The van der Waals surface area contributed by atoms with Gasteiger partial charge in [-0.05, 0) is 56.0 Å². The first kappa shape index (κ1) is 16.0. The summed E-state index contributed by atoms with van der Waals surface area (Å²) in [5, 5.41) is 3.49. The van der Waals surface area contributed by atoms with E-state index in [2.05, 4.69) is 44.3 Å². The van der Waals surface area contributed by atoms with Crippen LogP contribution in [0.15, 0.2) is 18.2 Å². The van der Waals surface area contributed by atoms with Crippen LogP contribution in [0, 0.1) is 18.8 Å². The Morgan fingerprint density at radius 2 is 2.05 bits per heavy atom. The molecule has 1 rings (SSSR count). The lowest BCUT2D eigenvalue weighted by atomic mass is 9.96. The SMILES string of the molecule is CCOc1ccc(CNCC(CN)C(C)C)cc1C. The quantitative estimate of drug-likeness (QED) is 0.759. The monoisotopic (exact) mass is 264 g/mol. The highest BCUT2D eigenvalue weighted by molar-refractivity contribution is 5.36. The maximum atomic E-state index is 5.77. The van der Waals surface area contributed by atoms with Crippen molar-refractivity contribution in [2.45, 2.75) is 34.2 Å². The van der Waals surface area contributed by atoms with Gasteiger partial charge in [0.1, 0.15) is 5.75 Å². The molecule has 0 aliphatic heterocycles. The van der Waals surface area contributed by atoms with E-state index in [1.165, 1.54) is 11.1 Å². The summed E-state index contributed by atoms with van der Waals surface area (Å²) in [6, 6.07) is 6.36. The van der Waals surface area contributed by atoms with E-state index in [1.54, 1.807) is 0 Å². The van der Waals surface area contributed by atoms with Gasteiger partial charge in [0, 0.05) is 6.54 Å². The van der Waals surface area contributed by atoms with Gasteiger partial charge in [-0.1, -0.05) is 26.0 Å². The molecule has 0 saturated carbocycles. The first-order valence-electron chi connectivity index (χ1n) is 7.21. The highest BCUT2D eigenvalue weighted by Crippen LogP contribution is 2.19. The van der Waals surface area contributed by atoms with Crippen LogP contribution in [0.1, 0.15) is 31.9 Å². The van der Waals surface area contributed by atoms with E-state index in [0.29, 0.717) is 18.4 Å². The third kappa shape index (κ3) is 5.21. The third-order valence-electron chi connectivity index (χ3n) is 3.52. The fourth-order valence-electron chi connectivity index (χ4n) is 2.13. The molecule has 0 aliphatic rings. The highest BCUT2D eigenvalue weighted by atomic mass is 16.5. The minimum absolute atomic E-state index is 0.545. The van der Waals surface area contributed by atoms with Crippen LogP contribution >= 0.6 is 0 Å². The molecule has 3 heteroatoms. The zero-order valence-electron chi connectivity index (χ0n) is 12.7. The van der Waals surface area contributed by atoms with Crippen LogP contribution < -0.4 is 15.8 Å². The Balaban J connectivity index is 2.47. The van der Waals surface area contributed by atoms with Gasteiger partial charge in [0.2, 0.25) is 0 Å². The molecule has 1 aromatic rings. The van der Waals surface area contributed by atoms with Crippen molar-refractivity contribution in [1.82, 2.24) is 5.32 Å². The minimum Gasteiger partial charge on any atom is -0.494 e.